The van der Waals surface area contributed by atoms with E-state index in [1.165, 1.54) is 11.3 Å². The molecule has 0 atom stereocenters. The summed E-state index contributed by atoms with van der Waals surface area (Å²) < 4.78 is 5.11. The molecule has 0 saturated carbocycles. The van der Waals surface area contributed by atoms with E-state index in [0.717, 1.165) is 16.3 Å². The Morgan fingerprint density at radius 1 is 1.17 bits per heavy atom. The summed E-state index contributed by atoms with van der Waals surface area (Å²) in [5.74, 6) is 0.548. The predicted octanol–water partition coefficient (Wildman–Crippen LogP) is 1.40. The van der Waals surface area contributed by atoms with Gasteiger partial charge in [0.2, 0.25) is 11.0 Å². The molecule has 2 rings (SSSR count). The highest BCUT2D eigenvalue weighted by atomic mass is 32.1. The van der Waals surface area contributed by atoms with E-state index in [1.807, 2.05) is 31.2 Å². The van der Waals surface area contributed by atoms with Gasteiger partial charge in [-0.25, -0.2) is 4.79 Å². The number of hydrogen-bond donors (Lipinski definition) is 3. The van der Waals surface area contributed by atoms with Crippen LogP contribution in [0, 0.1) is 0 Å². The number of urea groups is 1. The van der Waals surface area contributed by atoms with Crippen LogP contribution in [0.4, 0.5) is 9.93 Å². The highest BCUT2D eigenvalue weighted by molar-refractivity contribution is 7.15. The Bertz CT molecular complexity index is 687. The Morgan fingerprint density at radius 2 is 1.92 bits per heavy atom. The van der Waals surface area contributed by atoms with E-state index in [-0.39, 0.29) is 12.5 Å². The van der Waals surface area contributed by atoms with E-state index >= 15 is 0 Å². The Balaban J connectivity index is 1.83. The van der Waals surface area contributed by atoms with Gasteiger partial charge < -0.3 is 15.4 Å². The van der Waals surface area contributed by atoms with Gasteiger partial charge in [-0.1, -0.05) is 23.5 Å². The minimum Gasteiger partial charge on any atom is -0.497 e. The summed E-state index contributed by atoms with van der Waals surface area (Å²) in [5.41, 5.74) is 1.07. The van der Waals surface area contributed by atoms with Gasteiger partial charge in [-0.05, 0) is 24.6 Å². The molecule has 0 unspecified atom stereocenters. The quantitative estimate of drug-likeness (QED) is 0.701. The lowest BCUT2D eigenvalue weighted by Gasteiger charge is -2.04. The van der Waals surface area contributed by atoms with Crippen LogP contribution < -0.4 is 20.7 Å². The number of likely N-dealkylation sites (N-methyl/N-ethyl adjacent to an activating group) is 1. The molecule has 0 fully saturated rings. The van der Waals surface area contributed by atoms with Crippen LogP contribution in [0.15, 0.2) is 24.3 Å². The lowest BCUT2D eigenvalue weighted by atomic mass is 10.1. The number of aromatic nitrogens is 2. The maximum absolute atomic E-state index is 11.7. The highest BCUT2D eigenvalue weighted by Gasteiger charge is 2.09. The molecule has 8 nitrogen and oxygen atoms in total. The number of nitrogens with zero attached hydrogens (tertiary/aromatic N) is 2. The molecular weight excluding hydrogens is 330 g/mol. The van der Waals surface area contributed by atoms with Gasteiger partial charge in [0.25, 0.3) is 0 Å². The number of nitrogens with one attached hydrogen (secondary N) is 3. The summed E-state index contributed by atoms with van der Waals surface area (Å²) in [6, 6.07) is 7.17. The summed E-state index contributed by atoms with van der Waals surface area (Å²) in [6.07, 6.45) is 0.615. The van der Waals surface area contributed by atoms with Crippen molar-refractivity contribution in [3.8, 4) is 5.75 Å². The number of hydrogen-bond acceptors (Lipinski definition) is 6. The van der Waals surface area contributed by atoms with Crippen molar-refractivity contribution in [1.29, 1.82) is 0 Å². The molecule has 0 aliphatic carbocycles. The summed E-state index contributed by atoms with van der Waals surface area (Å²) in [5, 5.41) is 16.7. The fourth-order valence-electron chi connectivity index (χ4n) is 1.86. The van der Waals surface area contributed by atoms with Crippen LogP contribution in [-0.4, -0.2) is 42.3 Å². The van der Waals surface area contributed by atoms with E-state index in [9.17, 15) is 9.59 Å². The standard InChI is InChI=1S/C15H19N5O3S/c1-3-16-12(21)9-17-14(22)18-15-20-19-13(24-15)8-10-4-6-11(23-2)7-5-10/h4-7H,3,8-9H2,1-2H3,(H,16,21)(H2,17,18,20,22). The van der Waals surface area contributed by atoms with Crippen molar-refractivity contribution in [2.75, 3.05) is 25.5 Å². The number of ether oxygens (including phenoxy) is 1. The average Bonchev–Trinajstić information content (AvgIpc) is 3.01. The molecule has 128 valence electrons. The molecule has 1 aromatic heterocycles. The molecule has 0 spiro atoms. The van der Waals surface area contributed by atoms with E-state index in [0.29, 0.717) is 18.1 Å². The molecule has 0 aliphatic heterocycles. The van der Waals surface area contributed by atoms with Crippen LogP contribution in [-0.2, 0) is 11.2 Å². The molecule has 0 radical (unpaired) electrons. The molecule has 24 heavy (non-hydrogen) atoms. The van der Waals surface area contributed by atoms with Crippen molar-refractivity contribution in [2.45, 2.75) is 13.3 Å². The van der Waals surface area contributed by atoms with Crippen LogP contribution in [0.1, 0.15) is 17.5 Å². The Kier molecular flexibility index (Phi) is 6.50. The second kappa shape index (κ2) is 8.82. The van der Waals surface area contributed by atoms with Gasteiger partial charge in [0.05, 0.1) is 13.7 Å². The van der Waals surface area contributed by atoms with Crippen LogP contribution in [0.2, 0.25) is 0 Å². The lowest BCUT2D eigenvalue weighted by molar-refractivity contribution is -0.119. The van der Waals surface area contributed by atoms with Crippen molar-refractivity contribution in [2.24, 2.45) is 0 Å². The average molecular weight is 349 g/mol. The Morgan fingerprint density at radius 3 is 2.58 bits per heavy atom. The van der Waals surface area contributed by atoms with Gasteiger partial charge in [-0.3, -0.25) is 10.1 Å². The summed E-state index contributed by atoms with van der Waals surface area (Å²) in [4.78, 5) is 22.9. The first-order valence-corrected chi connectivity index (χ1v) is 8.19. The second-order valence-corrected chi connectivity index (χ2v) is 5.85. The second-order valence-electron chi connectivity index (χ2n) is 4.79. The number of amides is 3. The predicted molar refractivity (Wildman–Crippen MR) is 91.4 cm³/mol. The smallest absolute Gasteiger partial charge is 0.321 e. The van der Waals surface area contributed by atoms with E-state index in [1.54, 1.807) is 7.11 Å². The summed E-state index contributed by atoms with van der Waals surface area (Å²) >= 11 is 1.28. The van der Waals surface area contributed by atoms with Crippen molar-refractivity contribution >= 4 is 28.4 Å². The van der Waals surface area contributed by atoms with Crippen LogP contribution >= 0.6 is 11.3 Å². The zero-order chi connectivity index (χ0) is 17.4. The maximum Gasteiger partial charge on any atom is 0.321 e. The van der Waals surface area contributed by atoms with Crippen molar-refractivity contribution in [3.63, 3.8) is 0 Å². The Labute approximate surface area is 143 Å². The molecule has 0 saturated heterocycles. The monoisotopic (exact) mass is 349 g/mol. The van der Waals surface area contributed by atoms with Crippen LogP contribution in [0.5, 0.6) is 5.75 Å². The van der Waals surface area contributed by atoms with Crippen molar-refractivity contribution < 1.29 is 14.3 Å². The fraction of sp³-hybridized carbons (Fsp3) is 0.333. The maximum atomic E-state index is 11.7. The minimum absolute atomic E-state index is 0.0861. The molecule has 3 amide bonds. The van der Waals surface area contributed by atoms with E-state index in [2.05, 4.69) is 26.1 Å². The first-order valence-electron chi connectivity index (χ1n) is 7.37. The number of carbonyl (C=O) groups excluding carboxylic acids is 2. The van der Waals surface area contributed by atoms with Gasteiger partial charge in [0, 0.05) is 13.0 Å². The van der Waals surface area contributed by atoms with Gasteiger partial charge in [0.15, 0.2) is 0 Å². The first-order chi connectivity index (χ1) is 11.6. The number of methoxy groups -OCH3 is 1. The normalized spacial score (nSPS) is 10.1. The third-order valence-electron chi connectivity index (χ3n) is 2.99. The topological polar surface area (TPSA) is 105 Å². The number of anilines is 1. The third kappa shape index (κ3) is 5.51. The summed E-state index contributed by atoms with van der Waals surface area (Å²) in [6.45, 7) is 2.24. The van der Waals surface area contributed by atoms with E-state index < -0.39 is 6.03 Å². The largest absolute Gasteiger partial charge is 0.497 e. The number of carbonyl (C=O) groups is 2. The molecule has 1 aromatic carbocycles. The summed E-state index contributed by atoms with van der Waals surface area (Å²) in [7, 11) is 1.62. The zero-order valence-electron chi connectivity index (χ0n) is 13.5. The number of rotatable bonds is 7. The van der Waals surface area contributed by atoms with Crippen molar-refractivity contribution in [1.82, 2.24) is 20.8 Å². The van der Waals surface area contributed by atoms with Gasteiger partial charge in [0.1, 0.15) is 10.8 Å². The van der Waals surface area contributed by atoms with Crippen LogP contribution in [0.3, 0.4) is 0 Å². The SMILES string of the molecule is CCNC(=O)CNC(=O)Nc1nnc(Cc2ccc(OC)cc2)s1. The molecule has 0 bridgehead atoms. The minimum atomic E-state index is -0.492. The van der Waals surface area contributed by atoms with Crippen molar-refractivity contribution in [3.05, 3.63) is 34.8 Å². The van der Waals surface area contributed by atoms with Gasteiger partial charge in [-0.2, -0.15) is 0 Å². The molecule has 0 aliphatic rings. The zero-order valence-corrected chi connectivity index (χ0v) is 14.3. The van der Waals surface area contributed by atoms with Gasteiger partial charge in [-0.15, -0.1) is 10.2 Å². The lowest BCUT2D eigenvalue weighted by Crippen LogP contribution is -2.38. The molecule has 9 heteroatoms. The molecule has 1 heterocycles. The third-order valence-corrected chi connectivity index (χ3v) is 3.82. The van der Waals surface area contributed by atoms with E-state index in [4.69, 9.17) is 4.74 Å². The fourth-order valence-corrected chi connectivity index (χ4v) is 2.62. The molecular formula is C15H19N5O3S. The highest BCUT2D eigenvalue weighted by Crippen LogP contribution is 2.20. The molecule has 2 aromatic rings. The first kappa shape index (κ1) is 17.7. The molecule has 3 N–H and O–H groups in total. The van der Waals surface area contributed by atoms with Gasteiger partial charge >= 0.3 is 6.03 Å². The Hall–Kier alpha value is -2.68. The number of benzene rings is 1. The van der Waals surface area contributed by atoms with Crippen LogP contribution in [0.25, 0.3) is 0 Å².